The Kier molecular flexibility index (Phi) is 9.60. The molecule has 2 aromatic rings. The standard InChI is InChI=1S/C23H35N7O2.HI/c1-24-23(25-14-22-28-27-21-7-5-4-6-9-30(21)22)26-18-8-10-29(16-18)15-17-11-19(31-2)13-20(12-17)32-3;/h11-13,18H,4-10,14-16H2,1-3H3,(H2,24,25,26);1H. The Morgan fingerprint density at radius 2 is 1.88 bits per heavy atom. The minimum atomic E-state index is 0. The van der Waals surface area contributed by atoms with Crippen molar-refractivity contribution in [2.45, 2.75) is 57.8 Å². The summed E-state index contributed by atoms with van der Waals surface area (Å²) in [6.07, 6.45) is 5.76. The third-order valence-electron chi connectivity index (χ3n) is 6.25. The van der Waals surface area contributed by atoms with Crippen molar-refractivity contribution in [3.05, 3.63) is 35.4 Å². The van der Waals surface area contributed by atoms with Crippen molar-refractivity contribution in [3.8, 4) is 11.5 Å². The number of nitrogens with one attached hydrogen (secondary N) is 2. The molecule has 1 fully saturated rings. The summed E-state index contributed by atoms with van der Waals surface area (Å²) in [6.45, 7) is 4.50. The molecule has 1 aromatic carbocycles. The van der Waals surface area contributed by atoms with Crippen molar-refractivity contribution < 1.29 is 9.47 Å². The largest absolute Gasteiger partial charge is 0.497 e. The molecule has 0 aliphatic carbocycles. The Morgan fingerprint density at radius 3 is 2.61 bits per heavy atom. The molecule has 0 bridgehead atoms. The normalized spacial score (nSPS) is 18.8. The highest BCUT2D eigenvalue weighted by Crippen LogP contribution is 2.24. The number of ether oxygens (including phenoxy) is 2. The van der Waals surface area contributed by atoms with E-state index in [0.717, 1.165) is 68.1 Å². The predicted molar refractivity (Wildman–Crippen MR) is 140 cm³/mol. The lowest BCUT2D eigenvalue weighted by Gasteiger charge is -2.19. The Morgan fingerprint density at radius 1 is 1.09 bits per heavy atom. The number of nitrogens with zero attached hydrogens (tertiary/aromatic N) is 5. The van der Waals surface area contributed by atoms with E-state index in [1.165, 1.54) is 24.8 Å². The fourth-order valence-electron chi connectivity index (χ4n) is 4.54. The molecule has 0 radical (unpaired) electrons. The average molecular weight is 569 g/mol. The van der Waals surface area contributed by atoms with Crippen LogP contribution in [0.25, 0.3) is 0 Å². The molecule has 0 saturated carbocycles. The zero-order valence-corrected chi connectivity index (χ0v) is 22.2. The van der Waals surface area contributed by atoms with Crippen LogP contribution < -0.4 is 20.1 Å². The number of rotatable bonds is 7. The molecular weight excluding hydrogens is 533 g/mol. The number of aryl methyl sites for hydroxylation is 1. The van der Waals surface area contributed by atoms with E-state index in [0.29, 0.717) is 12.6 Å². The van der Waals surface area contributed by atoms with Gasteiger partial charge in [0, 0.05) is 51.8 Å². The number of hydrogen-bond acceptors (Lipinski definition) is 6. The third-order valence-corrected chi connectivity index (χ3v) is 6.25. The van der Waals surface area contributed by atoms with Gasteiger partial charge in [-0.25, -0.2) is 0 Å². The Labute approximate surface area is 213 Å². The van der Waals surface area contributed by atoms with Crippen LogP contribution in [0.5, 0.6) is 11.5 Å². The molecule has 0 amide bonds. The Bertz CT molecular complexity index is 911. The first-order valence-corrected chi connectivity index (χ1v) is 11.5. The smallest absolute Gasteiger partial charge is 0.191 e. The van der Waals surface area contributed by atoms with Gasteiger partial charge in [-0.05, 0) is 37.0 Å². The predicted octanol–water partition coefficient (Wildman–Crippen LogP) is 2.58. The van der Waals surface area contributed by atoms with Crippen molar-refractivity contribution in [3.63, 3.8) is 0 Å². The van der Waals surface area contributed by atoms with E-state index < -0.39 is 0 Å². The molecule has 2 N–H and O–H groups in total. The van der Waals surface area contributed by atoms with Gasteiger partial charge in [-0.15, -0.1) is 34.2 Å². The molecule has 9 nitrogen and oxygen atoms in total. The van der Waals surface area contributed by atoms with E-state index >= 15 is 0 Å². The van der Waals surface area contributed by atoms with Crippen molar-refractivity contribution >= 4 is 29.9 Å². The van der Waals surface area contributed by atoms with Gasteiger partial charge in [-0.3, -0.25) is 9.89 Å². The molecule has 1 saturated heterocycles. The van der Waals surface area contributed by atoms with Crippen LogP contribution in [0.4, 0.5) is 0 Å². The van der Waals surface area contributed by atoms with E-state index in [-0.39, 0.29) is 24.0 Å². The van der Waals surface area contributed by atoms with Crippen LogP contribution in [0, 0.1) is 0 Å². The van der Waals surface area contributed by atoms with Crippen molar-refractivity contribution in [1.82, 2.24) is 30.3 Å². The SMILES string of the molecule is CN=C(NCc1nnc2n1CCCCC2)NC1CCN(Cc2cc(OC)cc(OC)c2)C1.I. The number of methoxy groups -OCH3 is 2. The number of likely N-dealkylation sites (tertiary alicyclic amines) is 1. The first kappa shape index (κ1) is 25.5. The Balaban J connectivity index is 0.00000306. The van der Waals surface area contributed by atoms with Crippen molar-refractivity contribution in [1.29, 1.82) is 0 Å². The van der Waals surface area contributed by atoms with Gasteiger partial charge < -0.3 is 24.7 Å². The summed E-state index contributed by atoms with van der Waals surface area (Å²) in [5, 5.41) is 15.8. The van der Waals surface area contributed by atoms with Crippen LogP contribution in [0.3, 0.4) is 0 Å². The monoisotopic (exact) mass is 569 g/mol. The summed E-state index contributed by atoms with van der Waals surface area (Å²) >= 11 is 0. The molecule has 3 heterocycles. The highest BCUT2D eigenvalue weighted by molar-refractivity contribution is 14.0. The van der Waals surface area contributed by atoms with E-state index in [1.54, 1.807) is 14.2 Å². The molecule has 1 atom stereocenters. The van der Waals surface area contributed by atoms with Gasteiger partial charge in [0.1, 0.15) is 17.3 Å². The fraction of sp³-hybridized carbons (Fsp3) is 0.609. The molecule has 1 unspecified atom stereocenters. The van der Waals surface area contributed by atoms with Gasteiger partial charge >= 0.3 is 0 Å². The van der Waals surface area contributed by atoms with E-state index in [4.69, 9.17) is 9.47 Å². The summed E-state index contributed by atoms with van der Waals surface area (Å²) in [6, 6.07) is 6.40. The average Bonchev–Trinajstić information content (AvgIpc) is 3.34. The zero-order valence-electron chi connectivity index (χ0n) is 19.8. The molecular formula is C23H36IN7O2. The number of aliphatic imine (C=N–C) groups is 1. The second-order valence-electron chi connectivity index (χ2n) is 8.51. The zero-order chi connectivity index (χ0) is 22.3. The second kappa shape index (κ2) is 12.4. The molecule has 182 valence electrons. The van der Waals surface area contributed by atoms with Gasteiger partial charge in [-0.1, -0.05) is 6.42 Å². The maximum absolute atomic E-state index is 5.40. The molecule has 0 spiro atoms. The highest BCUT2D eigenvalue weighted by Gasteiger charge is 2.24. The number of guanidine groups is 1. The second-order valence-corrected chi connectivity index (χ2v) is 8.51. The van der Waals surface area contributed by atoms with E-state index in [9.17, 15) is 0 Å². The van der Waals surface area contributed by atoms with Crippen molar-refractivity contribution in [2.24, 2.45) is 4.99 Å². The van der Waals surface area contributed by atoms with Gasteiger partial charge in [0.2, 0.25) is 0 Å². The molecule has 33 heavy (non-hydrogen) atoms. The summed E-state index contributed by atoms with van der Waals surface area (Å²) in [5.74, 6) is 4.56. The molecule has 2 aliphatic heterocycles. The van der Waals surface area contributed by atoms with Crippen LogP contribution in [0.15, 0.2) is 23.2 Å². The third kappa shape index (κ3) is 6.72. The van der Waals surface area contributed by atoms with Gasteiger partial charge in [-0.2, -0.15) is 0 Å². The fourth-order valence-corrected chi connectivity index (χ4v) is 4.54. The topological polar surface area (TPSA) is 88.8 Å². The lowest BCUT2D eigenvalue weighted by Crippen LogP contribution is -2.44. The highest BCUT2D eigenvalue weighted by atomic mass is 127. The maximum Gasteiger partial charge on any atom is 0.191 e. The van der Waals surface area contributed by atoms with Gasteiger partial charge in [0.15, 0.2) is 11.8 Å². The number of benzene rings is 1. The van der Waals surface area contributed by atoms with E-state index in [2.05, 4.69) is 47.4 Å². The number of aromatic nitrogens is 3. The molecule has 1 aromatic heterocycles. The van der Waals surface area contributed by atoms with Crippen LogP contribution in [0.1, 0.15) is 42.9 Å². The maximum atomic E-state index is 5.40. The number of hydrogen-bond donors (Lipinski definition) is 2. The molecule has 2 aliphatic rings. The van der Waals surface area contributed by atoms with Crippen LogP contribution in [0.2, 0.25) is 0 Å². The van der Waals surface area contributed by atoms with E-state index in [1.807, 2.05) is 13.1 Å². The first-order chi connectivity index (χ1) is 15.7. The van der Waals surface area contributed by atoms with Crippen LogP contribution in [-0.4, -0.2) is 66.0 Å². The summed E-state index contributed by atoms with van der Waals surface area (Å²) in [7, 11) is 5.18. The van der Waals surface area contributed by atoms with Crippen molar-refractivity contribution in [2.75, 3.05) is 34.4 Å². The minimum Gasteiger partial charge on any atom is -0.497 e. The summed E-state index contributed by atoms with van der Waals surface area (Å²) in [5.41, 5.74) is 1.19. The molecule has 4 rings (SSSR count). The van der Waals surface area contributed by atoms with Crippen LogP contribution in [-0.2, 0) is 26.1 Å². The first-order valence-electron chi connectivity index (χ1n) is 11.5. The summed E-state index contributed by atoms with van der Waals surface area (Å²) < 4.78 is 13.1. The number of halogens is 1. The van der Waals surface area contributed by atoms with Gasteiger partial charge in [0.25, 0.3) is 0 Å². The number of fused-ring (bicyclic) bond motifs is 1. The van der Waals surface area contributed by atoms with Crippen LogP contribution >= 0.6 is 24.0 Å². The lowest BCUT2D eigenvalue weighted by atomic mass is 10.2. The lowest BCUT2D eigenvalue weighted by molar-refractivity contribution is 0.321. The quantitative estimate of drug-likeness (QED) is 0.301. The minimum absolute atomic E-state index is 0. The Hall–Kier alpha value is -2.08. The summed E-state index contributed by atoms with van der Waals surface area (Å²) in [4.78, 5) is 6.86. The molecule has 10 heteroatoms. The van der Waals surface area contributed by atoms with Gasteiger partial charge in [0.05, 0.1) is 20.8 Å².